The Bertz CT molecular complexity index is 330. The molecule has 1 aliphatic rings. The van der Waals surface area contributed by atoms with Gasteiger partial charge < -0.3 is 10.0 Å². The van der Waals surface area contributed by atoms with E-state index in [9.17, 15) is 14.7 Å². The number of hydrogen-bond acceptors (Lipinski definition) is 2. The van der Waals surface area contributed by atoms with Crippen molar-refractivity contribution in [3.8, 4) is 0 Å². The van der Waals surface area contributed by atoms with Gasteiger partial charge >= 0.3 is 5.97 Å². The van der Waals surface area contributed by atoms with Gasteiger partial charge in [0.05, 0.1) is 0 Å². The number of carbonyl (C=O) groups is 2. The van der Waals surface area contributed by atoms with Gasteiger partial charge in [0.1, 0.15) is 6.04 Å². The lowest BCUT2D eigenvalue weighted by molar-refractivity contribution is -0.148. The zero-order valence-corrected chi connectivity index (χ0v) is 14.2. The lowest BCUT2D eigenvalue weighted by atomic mass is 10.0. The molecule has 1 aliphatic heterocycles. The molecular formula is C18H33NO3. The molecule has 0 saturated carbocycles. The van der Waals surface area contributed by atoms with E-state index in [4.69, 9.17) is 0 Å². The number of hydrogen-bond donors (Lipinski definition) is 1. The lowest BCUT2D eigenvalue weighted by Gasteiger charge is -2.24. The monoisotopic (exact) mass is 311 g/mol. The summed E-state index contributed by atoms with van der Waals surface area (Å²) >= 11 is 0. The van der Waals surface area contributed by atoms with Gasteiger partial charge in [0.2, 0.25) is 5.91 Å². The first kappa shape index (κ1) is 19.0. The number of nitrogens with zero attached hydrogens (tertiary/aromatic N) is 1. The van der Waals surface area contributed by atoms with E-state index in [1.54, 1.807) is 4.90 Å². The van der Waals surface area contributed by atoms with Crippen LogP contribution in [-0.2, 0) is 9.59 Å². The fraction of sp³-hybridized carbons (Fsp3) is 0.889. The summed E-state index contributed by atoms with van der Waals surface area (Å²) in [6, 6.07) is -0.593. The van der Waals surface area contributed by atoms with Crippen LogP contribution >= 0.6 is 0 Å². The van der Waals surface area contributed by atoms with E-state index in [0.29, 0.717) is 19.4 Å². The molecule has 0 aromatic heterocycles. The van der Waals surface area contributed by atoms with Crippen LogP contribution in [0.2, 0.25) is 0 Å². The molecular weight excluding hydrogens is 278 g/mol. The Labute approximate surface area is 135 Å². The molecule has 0 aliphatic carbocycles. The van der Waals surface area contributed by atoms with Gasteiger partial charge in [0.25, 0.3) is 0 Å². The van der Waals surface area contributed by atoms with E-state index in [1.807, 2.05) is 0 Å². The van der Waals surface area contributed by atoms with Crippen molar-refractivity contribution >= 4 is 11.9 Å². The molecule has 0 bridgehead atoms. The quantitative estimate of drug-likeness (QED) is 0.514. The van der Waals surface area contributed by atoms with Gasteiger partial charge in [-0.25, -0.2) is 4.79 Å². The lowest BCUT2D eigenvalue weighted by Crippen LogP contribution is -2.41. The third-order valence-corrected chi connectivity index (χ3v) is 4.60. The highest BCUT2D eigenvalue weighted by Crippen LogP contribution is 2.19. The van der Waals surface area contributed by atoms with Crippen molar-refractivity contribution in [2.45, 2.75) is 96.4 Å². The highest BCUT2D eigenvalue weighted by atomic mass is 16.4. The summed E-state index contributed by atoms with van der Waals surface area (Å²) in [6.07, 6.45) is 14.4. The average molecular weight is 311 g/mol. The number of unbranched alkanes of at least 4 members (excludes halogenated alkanes) is 9. The van der Waals surface area contributed by atoms with Crippen molar-refractivity contribution in [2.24, 2.45) is 0 Å². The molecule has 4 heteroatoms. The Morgan fingerprint density at radius 1 is 1.05 bits per heavy atom. The number of carboxylic acids is 1. The normalized spacial score (nSPS) is 16.2. The summed E-state index contributed by atoms with van der Waals surface area (Å²) in [6.45, 7) is 2.85. The van der Waals surface area contributed by atoms with Crippen LogP contribution in [0.5, 0.6) is 0 Å². The van der Waals surface area contributed by atoms with Crippen LogP contribution in [0.25, 0.3) is 0 Å². The molecule has 1 N–H and O–H groups in total. The molecule has 22 heavy (non-hydrogen) atoms. The number of rotatable bonds is 13. The summed E-state index contributed by atoms with van der Waals surface area (Å²) in [4.78, 5) is 24.6. The van der Waals surface area contributed by atoms with E-state index in [1.165, 1.54) is 51.4 Å². The standard InChI is InChI=1S/C18H33NO3/c1-2-3-4-5-6-7-8-9-10-11-13-16(18(21)22)19-15-12-14-17(19)20/h16H,2-15H2,1H3,(H,21,22). The van der Waals surface area contributed by atoms with E-state index >= 15 is 0 Å². The van der Waals surface area contributed by atoms with Crippen LogP contribution in [0.3, 0.4) is 0 Å². The number of aliphatic carboxylic acids is 1. The summed E-state index contributed by atoms with van der Waals surface area (Å²) in [5, 5.41) is 9.30. The molecule has 1 amide bonds. The molecule has 1 atom stereocenters. The third kappa shape index (κ3) is 7.28. The smallest absolute Gasteiger partial charge is 0.326 e. The molecule has 1 unspecified atom stereocenters. The van der Waals surface area contributed by atoms with Crippen LogP contribution in [-0.4, -0.2) is 34.5 Å². The Hall–Kier alpha value is -1.06. The Morgan fingerprint density at radius 2 is 1.59 bits per heavy atom. The van der Waals surface area contributed by atoms with Crippen molar-refractivity contribution in [2.75, 3.05) is 6.54 Å². The predicted octanol–water partition coefficient (Wildman–Crippen LogP) is 4.37. The number of carboxylic acid groups (broad SMARTS) is 1. The number of carbonyl (C=O) groups excluding carboxylic acids is 1. The van der Waals surface area contributed by atoms with Gasteiger partial charge in [-0.2, -0.15) is 0 Å². The zero-order valence-electron chi connectivity index (χ0n) is 14.2. The second-order valence-corrected chi connectivity index (χ2v) is 6.52. The van der Waals surface area contributed by atoms with Gasteiger partial charge in [0, 0.05) is 13.0 Å². The van der Waals surface area contributed by atoms with Crippen LogP contribution in [0.1, 0.15) is 90.4 Å². The average Bonchev–Trinajstić information content (AvgIpc) is 2.90. The maximum atomic E-state index is 11.7. The highest BCUT2D eigenvalue weighted by Gasteiger charge is 2.31. The van der Waals surface area contributed by atoms with Gasteiger partial charge in [-0.15, -0.1) is 0 Å². The third-order valence-electron chi connectivity index (χ3n) is 4.60. The summed E-state index contributed by atoms with van der Waals surface area (Å²) in [5.74, 6) is -0.828. The van der Waals surface area contributed by atoms with Crippen molar-refractivity contribution in [3.63, 3.8) is 0 Å². The van der Waals surface area contributed by atoms with E-state index in [0.717, 1.165) is 19.3 Å². The summed E-state index contributed by atoms with van der Waals surface area (Å²) in [5.41, 5.74) is 0. The van der Waals surface area contributed by atoms with Crippen molar-refractivity contribution in [1.29, 1.82) is 0 Å². The van der Waals surface area contributed by atoms with Crippen LogP contribution < -0.4 is 0 Å². The number of likely N-dealkylation sites (tertiary alicyclic amines) is 1. The van der Waals surface area contributed by atoms with E-state index in [2.05, 4.69) is 6.92 Å². The van der Waals surface area contributed by atoms with Gasteiger partial charge in [-0.05, 0) is 12.8 Å². The van der Waals surface area contributed by atoms with Crippen molar-refractivity contribution < 1.29 is 14.7 Å². The first-order valence-corrected chi connectivity index (χ1v) is 9.19. The highest BCUT2D eigenvalue weighted by molar-refractivity contribution is 5.84. The van der Waals surface area contributed by atoms with Crippen molar-refractivity contribution in [3.05, 3.63) is 0 Å². The topological polar surface area (TPSA) is 57.6 Å². The molecule has 1 saturated heterocycles. The molecule has 4 nitrogen and oxygen atoms in total. The largest absolute Gasteiger partial charge is 0.480 e. The first-order valence-electron chi connectivity index (χ1n) is 9.19. The van der Waals surface area contributed by atoms with Crippen molar-refractivity contribution in [1.82, 2.24) is 4.90 Å². The molecule has 0 aromatic carbocycles. The minimum Gasteiger partial charge on any atom is -0.480 e. The maximum absolute atomic E-state index is 11.7. The Morgan fingerprint density at radius 3 is 2.05 bits per heavy atom. The Balaban J connectivity index is 2.04. The number of amides is 1. The second kappa shape index (κ2) is 11.5. The summed E-state index contributed by atoms with van der Waals surface area (Å²) in [7, 11) is 0. The van der Waals surface area contributed by atoms with Gasteiger partial charge in [-0.3, -0.25) is 4.79 Å². The van der Waals surface area contributed by atoms with Crippen LogP contribution in [0, 0.1) is 0 Å². The predicted molar refractivity (Wildman–Crippen MR) is 88.8 cm³/mol. The molecule has 1 rings (SSSR count). The minimum absolute atomic E-state index is 0.0134. The fourth-order valence-corrected chi connectivity index (χ4v) is 3.24. The molecule has 0 radical (unpaired) electrons. The van der Waals surface area contributed by atoms with Gasteiger partial charge in [-0.1, -0.05) is 71.1 Å². The van der Waals surface area contributed by atoms with E-state index in [-0.39, 0.29) is 5.91 Å². The first-order chi connectivity index (χ1) is 10.7. The van der Waals surface area contributed by atoms with Gasteiger partial charge in [0.15, 0.2) is 0 Å². The Kier molecular flexibility index (Phi) is 9.93. The van der Waals surface area contributed by atoms with E-state index < -0.39 is 12.0 Å². The summed E-state index contributed by atoms with van der Waals surface area (Å²) < 4.78 is 0. The van der Waals surface area contributed by atoms with Crippen LogP contribution in [0.4, 0.5) is 0 Å². The molecule has 0 spiro atoms. The molecule has 0 aromatic rings. The molecule has 1 heterocycles. The molecule has 1 fully saturated rings. The second-order valence-electron chi connectivity index (χ2n) is 6.52. The van der Waals surface area contributed by atoms with Crippen LogP contribution in [0.15, 0.2) is 0 Å². The molecule has 128 valence electrons. The minimum atomic E-state index is -0.842. The maximum Gasteiger partial charge on any atom is 0.326 e. The fourth-order valence-electron chi connectivity index (χ4n) is 3.24. The SMILES string of the molecule is CCCCCCCCCCCCC(C(=O)O)N1CCCC1=O. The zero-order chi connectivity index (χ0) is 16.2.